The summed E-state index contributed by atoms with van der Waals surface area (Å²) in [5.74, 6) is 5.53. The van der Waals surface area contributed by atoms with E-state index >= 15 is 0 Å². The largest absolute Gasteiger partial charge is 0.320 e. The molecular weight excluding hydrogens is 284 g/mol. The van der Waals surface area contributed by atoms with Crippen molar-refractivity contribution >= 4 is 10.0 Å². The number of hydrogen-bond acceptors (Lipinski definition) is 3. The number of nitrogens with two attached hydrogens (primary N) is 1. The van der Waals surface area contributed by atoms with Crippen LogP contribution in [0.1, 0.15) is 38.2 Å². The summed E-state index contributed by atoms with van der Waals surface area (Å²) in [6, 6.07) is 6.77. The van der Waals surface area contributed by atoms with Crippen LogP contribution in [-0.4, -0.2) is 21.5 Å². The van der Waals surface area contributed by atoms with E-state index in [0.717, 1.165) is 12.8 Å². The summed E-state index contributed by atoms with van der Waals surface area (Å²) in [7, 11) is -3.54. The van der Waals surface area contributed by atoms with Crippen LogP contribution < -0.4 is 10.5 Å². The summed E-state index contributed by atoms with van der Waals surface area (Å²) in [6.45, 7) is 2.83. The molecule has 114 valence electrons. The highest BCUT2D eigenvalue weighted by molar-refractivity contribution is 7.89. The Morgan fingerprint density at radius 2 is 1.95 bits per heavy atom. The van der Waals surface area contributed by atoms with E-state index in [1.54, 1.807) is 24.3 Å². The zero-order chi connectivity index (χ0) is 15.3. The Hall–Kier alpha value is -1.35. The molecule has 4 nitrogen and oxygen atoms in total. The highest BCUT2D eigenvalue weighted by atomic mass is 32.2. The molecule has 0 aromatic heterocycles. The highest BCUT2D eigenvalue weighted by Gasteiger charge is 2.30. The first-order valence-corrected chi connectivity index (χ1v) is 8.73. The number of hydrogen-bond donors (Lipinski definition) is 2. The molecule has 0 aliphatic heterocycles. The van der Waals surface area contributed by atoms with Crippen molar-refractivity contribution < 1.29 is 8.42 Å². The van der Waals surface area contributed by atoms with Gasteiger partial charge in [0.15, 0.2) is 0 Å². The van der Waals surface area contributed by atoms with Crippen molar-refractivity contribution in [3.8, 4) is 11.8 Å². The van der Waals surface area contributed by atoms with Crippen LogP contribution in [0.3, 0.4) is 0 Å². The molecule has 1 aliphatic carbocycles. The summed E-state index contributed by atoms with van der Waals surface area (Å²) < 4.78 is 27.8. The van der Waals surface area contributed by atoms with Gasteiger partial charge < -0.3 is 5.73 Å². The minimum absolute atomic E-state index is 0.0744. The van der Waals surface area contributed by atoms with Gasteiger partial charge in [0, 0.05) is 12.1 Å². The molecule has 0 saturated heterocycles. The molecule has 0 spiro atoms. The molecular formula is C16H22N2O2S. The molecule has 1 aliphatic rings. The summed E-state index contributed by atoms with van der Waals surface area (Å²) in [6.07, 6.45) is 4.50. The zero-order valence-corrected chi connectivity index (χ0v) is 13.2. The van der Waals surface area contributed by atoms with Gasteiger partial charge in [-0.15, -0.1) is 0 Å². The van der Waals surface area contributed by atoms with Gasteiger partial charge in [-0.05, 0) is 30.4 Å². The lowest BCUT2D eigenvalue weighted by Gasteiger charge is -2.23. The average Bonchev–Trinajstić information content (AvgIpc) is 2.91. The molecule has 21 heavy (non-hydrogen) atoms. The average molecular weight is 306 g/mol. The van der Waals surface area contributed by atoms with Gasteiger partial charge in [0.2, 0.25) is 10.0 Å². The van der Waals surface area contributed by atoms with Gasteiger partial charge >= 0.3 is 0 Å². The molecule has 0 heterocycles. The van der Waals surface area contributed by atoms with Crippen LogP contribution in [0.4, 0.5) is 0 Å². The van der Waals surface area contributed by atoms with Crippen molar-refractivity contribution in [3.05, 3.63) is 29.8 Å². The van der Waals surface area contributed by atoms with Crippen molar-refractivity contribution in [2.24, 2.45) is 11.1 Å². The Kier molecular flexibility index (Phi) is 5.04. The lowest BCUT2D eigenvalue weighted by atomic mass is 9.89. The molecule has 0 radical (unpaired) electrons. The zero-order valence-electron chi connectivity index (χ0n) is 12.4. The van der Waals surface area contributed by atoms with Crippen molar-refractivity contribution in [1.29, 1.82) is 0 Å². The standard InChI is InChI=1S/C16H22N2O2S/c1-16(10-4-5-11-16)13-18-21(19,20)15-9-3-2-7-14(15)8-6-12-17/h2-3,7,9,18H,4-5,10-13,17H2,1H3. The molecule has 1 aromatic rings. The molecule has 0 bridgehead atoms. The van der Waals surface area contributed by atoms with Crippen molar-refractivity contribution in [2.45, 2.75) is 37.5 Å². The van der Waals surface area contributed by atoms with Crippen LogP contribution in [0, 0.1) is 17.3 Å². The third kappa shape index (κ3) is 4.07. The lowest BCUT2D eigenvalue weighted by Crippen LogP contribution is -2.34. The Labute approximate surface area is 127 Å². The van der Waals surface area contributed by atoms with E-state index in [2.05, 4.69) is 23.5 Å². The molecule has 1 fully saturated rings. The number of rotatable bonds is 4. The monoisotopic (exact) mass is 306 g/mol. The predicted octanol–water partition coefficient (Wildman–Crippen LogP) is 1.86. The lowest BCUT2D eigenvalue weighted by molar-refractivity contribution is 0.336. The first kappa shape index (κ1) is 16.0. The van der Waals surface area contributed by atoms with Gasteiger partial charge in [0.1, 0.15) is 0 Å². The van der Waals surface area contributed by atoms with E-state index in [1.165, 1.54) is 12.8 Å². The van der Waals surface area contributed by atoms with Crippen LogP contribution in [0.25, 0.3) is 0 Å². The van der Waals surface area contributed by atoms with Gasteiger partial charge in [0.05, 0.1) is 11.4 Å². The number of sulfonamides is 1. The third-order valence-corrected chi connectivity index (χ3v) is 5.46. The van der Waals surface area contributed by atoms with Gasteiger partial charge in [-0.2, -0.15) is 0 Å². The van der Waals surface area contributed by atoms with Crippen LogP contribution in [0.2, 0.25) is 0 Å². The Bertz CT molecular complexity index is 650. The molecule has 0 atom stereocenters. The van der Waals surface area contributed by atoms with Gasteiger partial charge in [-0.1, -0.05) is 43.7 Å². The Morgan fingerprint density at radius 3 is 2.62 bits per heavy atom. The fourth-order valence-corrected chi connectivity index (χ4v) is 4.06. The van der Waals surface area contributed by atoms with E-state index in [4.69, 9.17) is 5.73 Å². The quantitative estimate of drug-likeness (QED) is 0.834. The highest BCUT2D eigenvalue weighted by Crippen LogP contribution is 2.37. The van der Waals surface area contributed by atoms with E-state index in [0.29, 0.717) is 12.1 Å². The SMILES string of the molecule is CC1(CNS(=O)(=O)c2ccccc2C#CCN)CCCC1. The maximum Gasteiger partial charge on any atom is 0.241 e. The number of benzene rings is 1. The second-order valence-corrected chi connectivity index (χ2v) is 7.58. The second kappa shape index (κ2) is 6.61. The van der Waals surface area contributed by atoms with Crippen molar-refractivity contribution in [1.82, 2.24) is 4.72 Å². The minimum Gasteiger partial charge on any atom is -0.320 e. The van der Waals surface area contributed by atoms with Crippen LogP contribution >= 0.6 is 0 Å². The summed E-state index contributed by atoms with van der Waals surface area (Å²) in [5, 5.41) is 0. The van der Waals surface area contributed by atoms with Gasteiger partial charge in [-0.25, -0.2) is 13.1 Å². The molecule has 1 saturated carbocycles. The molecule has 0 unspecified atom stereocenters. The Balaban J connectivity index is 2.19. The van der Waals surface area contributed by atoms with Gasteiger partial charge in [-0.3, -0.25) is 0 Å². The van der Waals surface area contributed by atoms with Crippen LogP contribution in [0.5, 0.6) is 0 Å². The predicted molar refractivity (Wildman–Crippen MR) is 84.1 cm³/mol. The van der Waals surface area contributed by atoms with E-state index < -0.39 is 10.0 Å². The third-order valence-electron chi connectivity index (χ3n) is 4.00. The second-order valence-electron chi connectivity index (χ2n) is 5.84. The van der Waals surface area contributed by atoms with Gasteiger partial charge in [0.25, 0.3) is 0 Å². The van der Waals surface area contributed by atoms with E-state index in [-0.39, 0.29) is 16.9 Å². The molecule has 3 N–H and O–H groups in total. The van der Waals surface area contributed by atoms with E-state index in [9.17, 15) is 8.42 Å². The molecule has 0 amide bonds. The summed E-state index contributed by atoms with van der Waals surface area (Å²) in [5.41, 5.74) is 5.92. The molecule has 1 aromatic carbocycles. The summed E-state index contributed by atoms with van der Waals surface area (Å²) >= 11 is 0. The fourth-order valence-electron chi connectivity index (χ4n) is 2.70. The molecule has 2 rings (SSSR count). The maximum atomic E-state index is 12.5. The smallest absolute Gasteiger partial charge is 0.241 e. The van der Waals surface area contributed by atoms with Crippen molar-refractivity contribution in [2.75, 3.05) is 13.1 Å². The maximum absolute atomic E-state index is 12.5. The normalized spacial score (nSPS) is 17.2. The summed E-state index contributed by atoms with van der Waals surface area (Å²) in [4.78, 5) is 0.229. The topological polar surface area (TPSA) is 72.2 Å². The van der Waals surface area contributed by atoms with Crippen LogP contribution in [-0.2, 0) is 10.0 Å². The van der Waals surface area contributed by atoms with Crippen molar-refractivity contribution in [3.63, 3.8) is 0 Å². The first-order valence-electron chi connectivity index (χ1n) is 7.24. The minimum atomic E-state index is -3.54. The van der Waals surface area contributed by atoms with E-state index in [1.807, 2.05) is 0 Å². The van der Waals surface area contributed by atoms with Crippen LogP contribution in [0.15, 0.2) is 29.2 Å². The fraction of sp³-hybridized carbons (Fsp3) is 0.500. The first-order chi connectivity index (χ1) is 9.97. The Morgan fingerprint density at radius 1 is 1.29 bits per heavy atom. The number of nitrogens with one attached hydrogen (secondary N) is 1. The molecule has 5 heteroatoms.